The van der Waals surface area contributed by atoms with Gasteiger partial charge in [0.15, 0.2) is 5.82 Å². The second-order valence-corrected chi connectivity index (χ2v) is 8.21. The third-order valence-corrected chi connectivity index (χ3v) is 5.86. The second kappa shape index (κ2) is 8.29. The molecule has 4 atom stereocenters. The lowest BCUT2D eigenvalue weighted by Gasteiger charge is -2.27. The summed E-state index contributed by atoms with van der Waals surface area (Å²) in [6, 6.07) is 6.90. The van der Waals surface area contributed by atoms with E-state index in [9.17, 15) is 8.78 Å². The summed E-state index contributed by atoms with van der Waals surface area (Å²) in [7, 11) is 3.64. The Morgan fingerprint density at radius 1 is 1.20 bits per heavy atom. The third-order valence-electron chi connectivity index (χ3n) is 5.63. The van der Waals surface area contributed by atoms with Crippen molar-refractivity contribution in [3.63, 3.8) is 0 Å². The predicted octanol–water partition coefficient (Wildman–Crippen LogP) is 4.66. The monoisotopic (exact) mass is 436 g/mol. The number of nitrogens with zero attached hydrogens (tertiary/aromatic N) is 6. The summed E-state index contributed by atoms with van der Waals surface area (Å²) in [5.41, 5.74) is 0.732. The Kier molecular flexibility index (Phi) is 5.73. The van der Waals surface area contributed by atoms with Gasteiger partial charge in [-0.05, 0) is 38.0 Å². The molecule has 0 bridgehead atoms. The van der Waals surface area contributed by atoms with E-state index in [1.165, 1.54) is 0 Å². The first-order valence-electron chi connectivity index (χ1n) is 9.83. The first-order valence-corrected chi connectivity index (χ1v) is 10.2. The molecule has 2 aromatic heterocycles. The Morgan fingerprint density at radius 2 is 1.93 bits per heavy atom. The maximum atomic E-state index is 13.8. The van der Waals surface area contributed by atoms with Crippen molar-refractivity contribution in [1.29, 1.82) is 0 Å². The standard InChI is InChI=1S/C20H23ClF2N6O/c1-11(17-24-19(30-27-17)12-5-4-6-14(21)7-12)28(2)20-26-25-18(29(20)3)13-8-15(22)10-16(23)9-13/h4-7,11,13,15-16H,8-10H2,1-3H3/t11?,13?,15-,16?/m1/s1. The zero-order chi connectivity index (χ0) is 21.4. The van der Waals surface area contributed by atoms with E-state index in [1.54, 1.807) is 23.7 Å². The Labute approximate surface area is 178 Å². The molecule has 2 heterocycles. The Bertz CT molecular complexity index is 1010. The van der Waals surface area contributed by atoms with E-state index >= 15 is 0 Å². The average Bonchev–Trinajstić information content (AvgIpc) is 3.33. The number of anilines is 1. The lowest BCUT2D eigenvalue weighted by molar-refractivity contribution is 0.139. The van der Waals surface area contributed by atoms with Gasteiger partial charge in [-0.3, -0.25) is 0 Å². The molecule has 0 aliphatic heterocycles. The van der Waals surface area contributed by atoms with Gasteiger partial charge in [0.25, 0.3) is 5.89 Å². The average molecular weight is 437 g/mol. The topological polar surface area (TPSA) is 72.9 Å². The van der Waals surface area contributed by atoms with Crippen LogP contribution in [0.25, 0.3) is 11.5 Å². The normalized spacial score (nSPS) is 22.8. The van der Waals surface area contributed by atoms with E-state index in [2.05, 4.69) is 20.3 Å². The van der Waals surface area contributed by atoms with Crippen molar-refractivity contribution in [2.24, 2.45) is 7.05 Å². The zero-order valence-electron chi connectivity index (χ0n) is 17.0. The van der Waals surface area contributed by atoms with Gasteiger partial charge in [-0.1, -0.05) is 22.8 Å². The molecule has 4 rings (SSSR count). The van der Waals surface area contributed by atoms with E-state index in [0.29, 0.717) is 28.5 Å². The van der Waals surface area contributed by atoms with E-state index in [4.69, 9.17) is 16.1 Å². The molecular formula is C20H23ClF2N6O. The quantitative estimate of drug-likeness (QED) is 0.579. The molecule has 1 fully saturated rings. The molecule has 1 saturated carbocycles. The maximum absolute atomic E-state index is 13.8. The molecule has 30 heavy (non-hydrogen) atoms. The van der Waals surface area contributed by atoms with Gasteiger partial charge >= 0.3 is 0 Å². The van der Waals surface area contributed by atoms with Gasteiger partial charge in [-0.25, -0.2) is 8.78 Å². The molecule has 0 amide bonds. The van der Waals surface area contributed by atoms with Crippen LogP contribution in [0.15, 0.2) is 28.8 Å². The molecule has 3 unspecified atom stereocenters. The van der Waals surface area contributed by atoms with E-state index in [0.717, 1.165) is 5.56 Å². The molecule has 160 valence electrons. The predicted molar refractivity (Wildman–Crippen MR) is 109 cm³/mol. The molecular weight excluding hydrogens is 414 g/mol. The van der Waals surface area contributed by atoms with Gasteiger partial charge in [-0.15, -0.1) is 10.2 Å². The summed E-state index contributed by atoms with van der Waals surface area (Å²) in [6.45, 7) is 1.91. The summed E-state index contributed by atoms with van der Waals surface area (Å²) >= 11 is 6.03. The molecule has 10 heteroatoms. The van der Waals surface area contributed by atoms with Crippen LogP contribution < -0.4 is 4.90 Å². The molecule has 1 aliphatic carbocycles. The minimum atomic E-state index is -1.15. The Hall–Kier alpha value is -2.55. The summed E-state index contributed by atoms with van der Waals surface area (Å²) in [6.07, 6.45) is -1.82. The number of benzene rings is 1. The van der Waals surface area contributed by atoms with Crippen molar-refractivity contribution < 1.29 is 13.3 Å². The van der Waals surface area contributed by atoms with Crippen molar-refractivity contribution in [3.8, 4) is 11.5 Å². The molecule has 1 aliphatic rings. The van der Waals surface area contributed by atoms with Crippen molar-refractivity contribution in [2.45, 2.75) is 50.5 Å². The van der Waals surface area contributed by atoms with Gasteiger partial charge in [0.05, 0.1) is 6.04 Å². The van der Waals surface area contributed by atoms with Gasteiger partial charge in [0, 0.05) is 37.0 Å². The minimum Gasteiger partial charge on any atom is -0.334 e. The number of alkyl halides is 2. The van der Waals surface area contributed by atoms with Crippen LogP contribution in [-0.4, -0.2) is 44.3 Å². The SMILES string of the molecule is CC(c1noc(-c2cccc(Cl)c2)n1)N(C)c1nnc(C2CC(F)C[C@H](F)C2)n1C. The third kappa shape index (κ3) is 4.03. The van der Waals surface area contributed by atoms with Gasteiger partial charge in [-0.2, -0.15) is 4.98 Å². The second-order valence-electron chi connectivity index (χ2n) is 7.77. The van der Waals surface area contributed by atoms with Crippen LogP contribution in [0.3, 0.4) is 0 Å². The van der Waals surface area contributed by atoms with Crippen molar-refractivity contribution >= 4 is 17.5 Å². The fourth-order valence-electron chi connectivity index (χ4n) is 3.88. The lowest BCUT2D eigenvalue weighted by atomic mass is 9.86. The van der Waals surface area contributed by atoms with Crippen LogP contribution in [0, 0.1) is 0 Å². The highest BCUT2D eigenvalue weighted by Gasteiger charge is 2.33. The van der Waals surface area contributed by atoms with Crippen LogP contribution in [0.1, 0.15) is 49.8 Å². The van der Waals surface area contributed by atoms with Crippen LogP contribution in [-0.2, 0) is 7.05 Å². The van der Waals surface area contributed by atoms with E-state index in [-0.39, 0.29) is 31.2 Å². The van der Waals surface area contributed by atoms with E-state index in [1.807, 2.05) is 31.0 Å². The fourth-order valence-corrected chi connectivity index (χ4v) is 4.07. The van der Waals surface area contributed by atoms with Crippen molar-refractivity contribution in [3.05, 3.63) is 40.9 Å². The summed E-state index contributed by atoms with van der Waals surface area (Å²) in [5.74, 6) is 1.70. The molecule has 7 nitrogen and oxygen atoms in total. The summed E-state index contributed by atoms with van der Waals surface area (Å²) in [5, 5.41) is 13.2. The minimum absolute atomic E-state index is 0.0368. The fraction of sp³-hybridized carbons (Fsp3) is 0.500. The summed E-state index contributed by atoms with van der Waals surface area (Å²) in [4.78, 5) is 6.33. The van der Waals surface area contributed by atoms with Gasteiger partial charge < -0.3 is 14.0 Å². The molecule has 0 saturated heterocycles. The van der Waals surface area contributed by atoms with Gasteiger partial charge in [0.2, 0.25) is 5.95 Å². The van der Waals surface area contributed by atoms with Crippen LogP contribution in [0.2, 0.25) is 5.02 Å². The molecule has 0 N–H and O–H groups in total. The van der Waals surface area contributed by atoms with Crippen LogP contribution in [0.5, 0.6) is 0 Å². The lowest BCUT2D eigenvalue weighted by Crippen LogP contribution is -2.27. The highest BCUT2D eigenvalue weighted by Crippen LogP contribution is 2.36. The number of rotatable bonds is 5. The van der Waals surface area contributed by atoms with Crippen LogP contribution >= 0.6 is 11.6 Å². The maximum Gasteiger partial charge on any atom is 0.258 e. The zero-order valence-corrected chi connectivity index (χ0v) is 17.7. The molecule has 0 spiro atoms. The number of aromatic nitrogens is 5. The summed E-state index contributed by atoms with van der Waals surface area (Å²) < 4.78 is 34.9. The van der Waals surface area contributed by atoms with Gasteiger partial charge in [0.1, 0.15) is 18.2 Å². The largest absolute Gasteiger partial charge is 0.334 e. The smallest absolute Gasteiger partial charge is 0.258 e. The number of hydrogen-bond donors (Lipinski definition) is 0. The molecule has 0 radical (unpaired) electrons. The molecule has 3 aromatic rings. The Balaban J connectivity index is 1.54. The van der Waals surface area contributed by atoms with Crippen LogP contribution in [0.4, 0.5) is 14.7 Å². The first kappa shape index (κ1) is 20.7. The highest BCUT2D eigenvalue weighted by molar-refractivity contribution is 6.30. The number of hydrogen-bond acceptors (Lipinski definition) is 6. The van der Waals surface area contributed by atoms with E-state index < -0.39 is 12.3 Å². The number of halogens is 3. The van der Waals surface area contributed by atoms with Crippen molar-refractivity contribution in [1.82, 2.24) is 24.9 Å². The van der Waals surface area contributed by atoms with Crippen molar-refractivity contribution in [2.75, 3.05) is 11.9 Å². The first-order chi connectivity index (χ1) is 14.3. The highest BCUT2D eigenvalue weighted by atomic mass is 35.5. The molecule has 1 aromatic carbocycles. The Morgan fingerprint density at radius 3 is 2.63 bits per heavy atom.